The molecule has 0 aliphatic heterocycles. The van der Waals surface area contributed by atoms with Crippen LogP contribution < -0.4 is 5.73 Å². The highest BCUT2D eigenvalue weighted by Gasteiger charge is 2.08. The van der Waals surface area contributed by atoms with E-state index in [1.54, 1.807) is 0 Å². The first kappa shape index (κ1) is 11.2. The Morgan fingerprint density at radius 2 is 2.00 bits per heavy atom. The average Bonchev–Trinajstić information content (AvgIpc) is 2.61. The maximum absolute atomic E-state index is 5.85. The largest absolute Gasteiger partial charge is 0.346 e. The molecule has 0 aliphatic rings. The Bertz CT molecular complexity index is 474. The lowest BCUT2D eigenvalue weighted by molar-refractivity contribution is 0.891. The molecule has 4 heteroatoms. The number of hydrogen-bond acceptors (Lipinski definition) is 2. The van der Waals surface area contributed by atoms with Gasteiger partial charge in [-0.3, -0.25) is 0 Å². The van der Waals surface area contributed by atoms with Crippen molar-refractivity contribution in [3.8, 4) is 11.3 Å². The Balaban J connectivity index is 2.36. The SMILES string of the molecule is Cc1[nH]c(CCN)nc1-c1ccc(Cl)cc1. The van der Waals surface area contributed by atoms with Crippen LogP contribution in [0.1, 0.15) is 11.5 Å². The third kappa shape index (κ3) is 2.26. The summed E-state index contributed by atoms with van der Waals surface area (Å²) in [7, 11) is 0. The Hall–Kier alpha value is -1.32. The number of nitrogens with two attached hydrogens (primary N) is 1. The molecule has 0 spiro atoms. The fourth-order valence-electron chi connectivity index (χ4n) is 1.67. The second kappa shape index (κ2) is 4.68. The number of H-pyrrole nitrogens is 1. The molecule has 1 aromatic heterocycles. The molecule has 1 heterocycles. The molecule has 0 saturated carbocycles. The Morgan fingerprint density at radius 3 is 2.62 bits per heavy atom. The highest BCUT2D eigenvalue weighted by molar-refractivity contribution is 6.30. The van der Waals surface area contributed by atoms with Gasteiger partial charge in [0.1, 0.15) is 5.82 Å². The second-order valence-electron chi connectivity index (χ2n) is 3.70. The van der Waals surface area contributed by atoms with E-state index in [-0.39, 0.29) is 0 Å². The van der Waals surface area contributed by atoms with Crippen molar-refractivity contribution in [3.63, 3.8) is 0 Å². The Morgan fingerprint density at radius 1 is 1.31 bits per heavy atom. The van der Waals surface area contributed by atoms with Gasteiger partial charge in [-0.1, -0.05) is 23.7 Å². The summed E-state index contributed by atoms with van der Waals surface area (Å²) in [6, 6.07) is 7.68. The van der Waals surface area contributed by atoms with Gasteiger partial charge in [0.2, 0.25) is 0 Å². The standard InChI is InChI=1S/C12H14ClN3/c1-8-12(16-11(15-8)6-7-14)9-2-4-10(13)5-3-9/h2-5H,6-7,14H2,1H3,(H,15,16). The molecule has 0 atom stereocenters. The molecule has 1 aromatic carbocycles. The number of nitrogens with one attached hydrogen (secondary N) is 1. The maximum Gasteiger partial charge on any atom is 0.108 e. The minimum Gasteiger partial charge on any atom is -0.346 e. The summed E-state index contributed by atoms with van der Waals surface area (Å²) in [6.07, 6.45) is 0.772. The van der Waals surface area contributed by atoms with Crippen molar-refractivity contribution in [2.75, 3.05) is 6.54 Å². The molecule has 0 saturated heterocycles. The van der Waals surface area contributed by atoms with E-state index in [1.165, 1.54) is 0 Å². The molecular weight excluding hydrogens is 222 g/mol. The van der Waals surface area contributed by atoms with Crippen molar-refractivity contribution in [1.82, 2.24) is 9.97 Å². The summed E-state index contributed by atoms with van der Waals surface area (Å²) < 4.78 is 0. The summed E-state index contributed by atoms with van der Waals surface area (Å²) in [6.45, 7) is 2.62. The zero-order chi connectivity index (χ0) is 11.5. The van der Waals surface area contributed by atoms with Crippen LogP contribution >= 0.6 is 11.6 Å². The third-order valence-electron chi connectivity index (χ3n) is 2.43. The van der Waals surface area contributed by atoms with Gasteiger partial charge in [-0.2, -0.15) is 0 Å². The molecule has 2 rings (SSSR count). The van der Waals surface area contributed by atoms with E-state index in [0.717, 1.165) is 34.2 Å². The molecule has 16 heavy (non-hydrogen) atoms. The summed E-state index contributed by atoms with van der Waals surface area (Å²) in [5, 5.41) is 0.735. The van der Waals surface area contributed by atoms with Gasteiger partial charge in [-0.05, 0) is 25.6 Å². The molecule has 3 nitrogen and oxygen atoms in total. The van der Waals surface area contributed by atoms with E-state index in [1.807, 2.05) is 31.2 Å². The van der Waals surface area contributed by atoms with E-state index >= 15 is 0 Å². The molecule has 0 fully saturated rings. The van der Waals surface area contributed by atoms with Crippen LogP contribution in [0.25, 0.3) is 11.3 Å². The molecule has 0 bridgehead atoms. The van der Waals surface area contributed by atoms with Gasteiger partial charge in [-0.15, -0.1) is 0 Å². The lowest BCUT2D eigenvalue weighted by Crippen LogP contribution is -2.03. The number of hydrogen-bond donors (Lipinski definition) is 2. The first-order valence-electron chi connectivity index (χ1n) is 5.22. The average molecular weight is 236 g/mol. The molecule has 0 radical (unpaired) electrons. The van der Waals surface area contributed by atoms with Crippen molar-refractivity contribution < 1.29 is 0 Å². The summed E-state index contributed by atoms with van der Waals surface area (Å²) in [5.74, 6) is 0.935. The smallest absolute Gasteiger partial charge is 0.108 e. The zero-order valence-electron chi connectivity index (χ0n) is 9.13. The maximum atomic E-state index is 5.85. The minimum absolute atomic E-state index is 0.604. The van der Waals surface area contributed by atoms with Gasteiger partial charge in [0.05, 0.1) is 5.69 Å². The first-order chi connectivity index (χ1) is 7.70. The number of nitrogens with zero attached hydrogens (tertiary/aromatic N) is 1. The Kier molecular flexibility index (Phi) is 3.27. The molecule has 2 aromatic rings. The number of aromatic amines is 1. The van der Waals surface area contributed by atoms with Gasteiger partial charge in [-0.25, -0.2) is 4.98 Å². The second-order valence-corrected chi connectivity index (χ2v) is 4.14. The fraction of sp³-hybridized carbons (Fsp3) is 0.250. The van der Waals surface area contributed by atoms with E-state index < -0.39 is 0 Å². The van der Waals surface area contributed by atoms with Crippen LogP contribution in [-0.2, 0) is 6.42 Å². The van der Waals surface area contributed by atoms with Crippen molar-refractivity contribution in [2.24, 2.45) is 5.73 Å². The predicted molar refractivity (Wildman–Crippen MR) is 66.5 cm³/mol. The number of rotatable bonds is 3. The van der Waals surface area contributed by atoms with Crippen molar-refractivity contribution in [1.29, 1.82) is 0 Å². The number of benzene rings is 1. The first-order valence-corrected chi connectivity index (χ1v) is 5.60. The Labute approximate surface area is 99.7 Å². The minimum atomic E-state index is 0.604. The van der Waals surface area contributed by atoms with Crippen molar-refractivity contribution in [2.45, 2.75) is 13.3 Å². The van der Waals surface area contributed by atoms with Crippen LogP contribution in [-0.4, -0.2) is 16.5 Å². The molecule has 0 amide bonds. The van der Waals surface area contributed by atoms with Crippen LogP contribution in [0, 0.1) is 6.92 Å². The number of aromatic nitrogens is 2. The molecule has 0 unspecified atom stereocenters. The van der Waals surface area contributed by atoms with E-state index in [9.17, 15) is 0 Å². The zero-order valence-corrected chi connectivity index (χ0v) is 9.88. The van der Waals surface area contributed by atoms with Crippen LogP contribution in [0.3, 0.4) is 0 Å². The van der Waals surface area contributed by atoms with Crippen LogP contribution in [0.5, 0.6) is 0 Å². The predicted octanol–water partition coefficient (Wildman–Crippen LogP) is 2.54. The quantitative estimate of drug-likeness (QED) is 0.859. The van der Waals surface area contributed by atoms with Gasteiger partial charge in [0, 0.05) is 22.7 Å². The van der Waals surface area contributed by atoms with Crippen LogP contribution in [0.15, 0.2) is 24.3 Å². The van der Waals surface area contributed by atoms with E-state index in [0.29, 0.717) is 6.54 Å². The third-order valence-corrected chi connectivity index (χ3v) is 2.68. The summed E-state index contributed by atoms with van der Waals surface area (Å²) >= 11 is 5.85. The van der Waals surface area contributed by atoms with Crippen molar-refractivity contribution in [3.05, 3.63) is 40.8 Å². The molecule has 0 aliphatic carbocycles. The lowest BCUT2D eigenvalue weighted by atomic mass is 10.1. The summed E-state index contributed by atoms with van der Waals surface area (Å²) in [4.78, 5) is 7.76. The van der Waals surface area contributed by atoms with Gasteiger partial charge >= 0.3 is 0 Å². The highest BCUT2D eigenvalue weighted by atomic mass is 35.5. The molecule has 84 valence electrons. The number of halogens is 1. The van der Waals surface area contributed by atoms with Crippen LogP contribution in [0.2, 0.25) is 5.02 Å². The van der Waals surface area contributed by atoms with Crippen LogP contribution in [0.4, 0.5) is 0 Å². The van der Waals surface area contributed by atoms with Gasteiger partial charge < -0.3 is 10.7 Å². The number of aryl methyl sites for hydroxylation is 1. The topological polar surface area (TPSA) is 54.7 Å². The summed E-state index contributed by atoms with van der Waals surface area (Å²) in [5.41, 5.74) is 8.60. The van der Waals surface area contributed by atoms with Gasteiger partial charge in [0.25, 0.3) is 0 Å². The van der Waals surface area contributed by atoms with Crippen molar-refractivity contribution >= 4 is 11.6 Å². The normalized spacial score (nSPS) is 10.7. The number of imidazole rings is 1. The van der Waals surface area contributed by atoms with Gasteiger partial charge in [0.15, 0.2) is 0 Å². The lowest BCUT2D eigenvalue weighted by Gasteiger charge is -1.98. The highest BCUT2D eigenvalue weighted by Crippen LogP contribution is 2.22. The molecule has 3 N–H and O–H groups in total. The van der Waals surface area contributed by atoms with E-state index in [2.05, 4.69) is 9.97 Å². The van der Waals surface area contributed by atoms with E-state index in [4.69, 9.17) is 17.3 Å². The molecular formula is C12H14ClN3. The monoisotopic (exact) mass is 235 g/mol. The fourth-order valence-corrected chi connectivity index (χ4v) is 1.79.